The van der Waals surface area contributed by atoms with Gasteiger partial charge in [-0.1, -0.05) is 88.2 Å². The van der Waals surface area contributed by atoms with Crippen molar-refractivity contribution in [2.24, 2.45) is 0 Å². The SMILES string of the molecule is CC1(C)B(c2ccccc2-c2ccccc2Br)Nc2ccc(Br)cc21. The Bertz CT molecular complexity index is 952. The largest absolute Gasteiger partial charge is 0.423 e. The van der Waals surface area contributed by atoms with Gasteiger partial charge in [-0.3, -0.25) is 0 Å². The molecule has 0 bridgehead atoms. The Hall–Kier alpha value is -1.52. The van der Waals surface area contributed by atoms with Crippen molar-refractivity contribution in [3.8, 4) is 11.1 Å². The fourth-order valence-electron chi connectivity index (χ4n) is 3.81. The molecule has 1 aliphatic heterocycles. The maximum Gasteiger partial charge on any atom is 0.297 e. The molecule has 3 aromatic carbocycles. The lowest BCUT2D eigenvalue weighted by Gasteiger charge is -2.26. The molecule has 4 heteroatoms. The summed E-state index contributed by atoms with van der Waals surface area (Å²) in [6.07, 6.45) is 0. The molecular formula is C21H18BBr2N. The van der Waals surface area contributed by atoms with Crippen LogP contribution in [0, 0.1) is 0 Å². The molecule has 0 aromatic heterocycles. The van der Waals surface area contributed by atoms with Crippen LogP contribution in [0.4, 0.5) is 5.69 Å². The summed E-state index contributed by atoms with van der Waals surface area (Å²) in [5.74, 6) is 0. The molecule has 0 saturated heterocycles. The molecule has 1 N–H and O–H groups in total. The molecule has 1 heterocycles. The summed E-state index contributed by atoms with van der Waals surface area (Å²) in [5, 5.41) is 3.76. The molecule has 0 spiro atoms. The maximum absolute atomic E-state index is 3.76. The second-order valence-electron chi connectivity index (χ2n) is 7.06. The van der Waals surface area contributed by atoms with E-state index in [1.165, 1.54) is 27.8 Å². The molecule has 0 radical (unpaired) electrons. The molecule has 25 heavy (non-hydrogen) atoms. The Kier molecular flexibility index (Phi) is 4.29. The van der Waals surface area contributed by atoms with Crippen molar-refractivity contribution >= 4 is 49.9 Å². The van der Waals surface area contributed by atoms with Gasteiger partial charge in [-0.15, -0.1) is 0 Å². The molecule has 124 valence electrons. The number of benzene rings is 3. The third-order valence-electron chi connectivity index (χ3n) is 5.13. The van der Waals surface area contributed by atoms with Gasteiger partial charge in [-0.25, -0.2) is 0 Å². The van der Waals surface area contributed by atoms with Gasteiger partial charge in [-0.2, -0.15) is 0 Å². The highest BCUT2D eigenvalue weighted by molar-refractivity contribution is 9.10. The van der Waals surface area contributed by atoms with E-state index in [9.17, 15) is 0 Å². The number of anilines is 1. The van der Waals surface area contributed by atoms with E-state index < -0.39 is 0 Å². The molecule has 3 aromatic rings. The highest BCUT2D eigenvalue weighted by Crippen LogP contribution is 2.41. The van der Waals surface area contributed by atoms with Crippen LogP contribution < -0.4 is 10.7 Å². The van der Waals surface area contributed by atoms with Crippen LogP contribution in [0.3, 0.4) is 0 Å². The van der Waals surface area contributed by atoms with E-state index in [4.69, 9.17) is 0 Å². The van der Waals surface area contributed by atoms with E-state index in [1.807, 2.05) is 0 Å². The van der Waals surface area contributed by atoms with Crippen LogP contribution in [0.1, 0.15) is 19.4 Å². The van der Waals surface area contributed by atoms with E-state index in [1.54, 1.807) is 0 Å². The van der Waals surface area contributed by atoms with Crippen LogP contribution in [0.2, 0.25) is 0 Å². The third kappa shape index (κ3) is 2.86. The molecule has 0 saturated carbocycles. The summed E-state index contributed by atoms with van der Waals surface area (Å²) in [5.41, 5.74) is 6.40. The lowest BCUT2D eigenvalue weighted by molar-refractivity contribution is 0.760. The summed E-state index contributed by atoms with van der Waals surface area (Å²) in [6.45, 7) is 4.86. The van der Waals surface area contributed by atoms with Crippen molar-refractivity contribution in [1.29, 1.82) is 0 Å². The van der Waals surface area contributed by atoms with Gasteiger partial charge in [-0.05, 0) is 51.7 Å². The number of halogens is 2. The summed E-state index contributed by atoms with van der Waals surface area (Å²) in [7, 11) is 0. The first-order valence-electron chi connectivity index (χ1n) is 8.39. The van der Waals surface area contributed by atoms with Crippen molar-refractivity contribution in [2.45, 2.75) is 19.2 Å². The van der Waals surface area contributed by atoms with Gasteiger partial charge in [0.25, 0.3) is 6.85 Å². The minimum absolute atomic E-state index is 0.00350. The third-order valence-corrected chi connectivity index (χ3v) is 6.32. The zero-order valence-electron chi connectivity index (χ0n) is 14.2. The van der Waals surface area contributed by atoms with Crippen LogP contribution in [0.15, 0.2) is 75.7 Å². The van der Waals surface area contributed by atoms with E-state index in [-0.39, 0.29) is 12.2 Å². The Labute approximate surface area is 166 Å². The minimum Gasteiger partial charge on any atom is -0.423 e. The second kappa shape index (κ2) is 6.33. The summed E-state index contributed by atoms with van der Waals surface area (Å²) < 4.78 is 2.25. The Balaban J connectivity index is 1.86. The fraction of sp³-hybridized carbons (Fsp3) is 0.143. The molecule has 0 aliphatic carbocycles. The van der Waals surface area contributed by atoms with Crippen LogP contribution in [0.25, 0.3) is 11.1 Å². The van der Waals surface area contributed by atoms with Crippen LogP contribution in [0.5, 0.6) is 0 Å². The molecule has 0 fully saturated rings. The van der Waals surface area contributed by atoms with Crippen molar-refractivity contribution < 1.29 is 0 Å². The van der Waals surface area contributed by atoms with Gasteiger partial charge in [0.05, 0.1) is 0 Å². The smallest absolute Gasteiger partial charge is 0.297 e. The normalized spacial score (nSPS) is 15.0. The molecule has 4 rings (SSSR count). The topological polar surface area (TPSA) is 12.0 Å². The molecule has 0 atom stereocenters. The zero-order chi connectivity index (χ0) is 17.6. The van der Waals surface area contributed by atoms with Crippen molar-refractivity contribution in [2.75, 3.05) is 5.23 Å². The highest BCUT2D eigenvalue weighted by Gasteiger charge is 2.44. The minimum atomic E-state index is -0.00350. The standard InChI is InChI=1S/C21H18BBr2N/c1-21(2)17-13-14(23)11-12-20(17)25-22(21)18-9-5-3-7-15(18)16-8-4-6-10-19(16)24/h3-13,25H,1-2H3. The first kappa shape index (κ1) is 16.9. The van der Waals surface area contributed by atoms with Crippen LogP contribution in [-0.4, -0.2) is 6.85 Å². The highest BCUT2D eigenvalue weighted by atomic mass is 79.9. The van der Waals surface area contributed by atoms with Crippen molar-refractivity contribution in [3.05, 3.63) is 81.2 Å². The Morgan fingerprint density at radius 2 is 1.52 bits per heavy atom. The Morgan fingerprint density at radius 1 is 0.840 bits per heavy atom. The molecule has 0 amide bonds. The van der Waals surface area contributed by atoms with Crippen LogP contribution >= 0.6 is 31.9 Å². The quantitative estimate of drug-likeness (QED) is 0.467. The van der Waals surface area contributed by atoms with E-state index in [2.05, 4.69) is 118 Å². The number of hydrogen-bond donors (Lipinski definition) is 1. The van der Waals surface area contributed by atoms with Gasteiger partial charge in [0, 0.05) is 14.6 Å². The lowest BCUT2D eigenvalue weighted by atomic mass is 9.39. The second-order valence-corrected chi connectivity index (χ2v) is 8.83. The monoisotopic (exact) mass is 453 g/mol. The predicted octanol–water partition coefficient (Wildman–Crippen LogP) is 6.02. The number of fused-ring (bicyclic) bond motifs is 1. The van der Waals surface area contributed by atoms with E-state index >= 15 is 0 Å². The van der Waals surface area contributed by atoms with Crippen molar-refractivity contribution in [3.63, 3.8) is 0 Å². The Morgan fingerprint density at radius 3 is 2.28 bits per heavy atom. The van der Waals surface area contributed by atoms with Gasteiger partial charge >= 0.3 is 0 Å². The summed E-state index contributed by atoms with van der Waals surface area (Å²) in [4.78, 5) is 0. The van der Waals surface area contributed by atoms with E-state index in [0.717, 1.165) is 8.95 Å². The van der Waals surface area contributed by atoms with Crippen molar-refractivity contribution in [1.82, 2.24) is 0 Å². The maximum atomic E-state index is 3.76. The summed E-state index contributed by atoms with van der Waals surface area (Å²) >= 11 is 7.33. The fourth-order valence-corrected chi connectivity index (χ4v) is 4.67. The van der Waals surface area contributed by atoms with Gasteiger partial charge in [0.2, 0.25) is 0 Å². The van der Waals surface area contributed by atoms with Gasteiger partial charge < -0.3 is 5.23 Å². The number of nitrogens with one attached hydrogen (secondary N) is 1. The zero-order valence-corrected chi connectivity index (χ0v) is 17.4. The number of rotatable bonds is 2. The summed E-state index contributed by atoms with van der Waals surface area (Å²) in [6, 6.07) is 23.6. The lowest BCUT2D eigenvalue weighted by Crippen LogP contribution is -2.49. The molecule has 0 unspecified atom stereocenters. The molecule has 1 aliphatic rings. The predicted molar refractivity (Wildman–Crippen MR) is 116 cm³/mol. The van der Waals surface area contributed by atoms with Gasteiger partial charge in [0.15, 0.2) is 0 Å². The molecule has 1 nitrogen and oxygen atoms in total. The average molecular weight is 455 g/mol. The van der Waals surface area contributed by atoms with Crippen LogP contribution in [-0.2, 0) is 5.31 Å². The number of hydrogen-bond acceptors (Lipinski definition) is 1. The average Bonchev–Trinajstić information content (AvgIpc) is 2.86. The van der Waals surface area contributed by atoms with E-state index in [0.29, 0.717) is 0 Å². The first-order chi connectivity index (χ1) is 12.0. The van der Waals surface area contributed by atoms with Gasteiger partial charge in [0.1, 0.15) is 0 Å². The molecular weight excluding hydrogens is 437 g/mol. The first-order valence-corrected chi connectivity index (χ1v) is 9.97.